The van der Waals surface area contributed by atoms with Crippen molar-refractivity contribution in [1.82, 2.24) is 9.80 Å². The van der Waals surface area contributed by atoms with Crippen LogP contribution in [0.4, 0.5) is 4.79 Å². The molecule has 1 rings (SSSR count). The monoisotopic (exact) mass is 270 g/mol. The fourth-order valence-corrected chi connectivity index (χ4v) is 2.64. The van der Waals surface area contributed by atoms with Gasteiger partial charge >= 0.3 is 12.0 Å². The summed E-state index contributed by atoms with van der Waals surface area (Å²) in [5.41, 5.74) is 0. The third-order valence-corrected chi connectivity index (χ3v) is 4.07. The topological polar surface area (TPSA) is 60.9 Å². The molecule has 0 bridgehead atoms. The van der Waals surface area contributed by atoms with E-state index in [1.807, 2.05) is 6.92 Å². The lowest BCUT2D eigenvalue weighted by Gasteiger charge is -2.31. The van der Waals surface area contributed by atoms with Gasteiger partial charge in [-0.15, -0.1) is 0 Å². The van der Waals surface area contributed by atoms with Crippen LogP contribution in [0.25, 0.3) is 0 Å². The number of carboxylic acid groups (broad SMARTS) is 1. The van der Waals surface area contributed by atoms with Gasteiger partial charge in [0.2, 0.25) is 0 Å². The second-order valence-electron chi connectivity index (χ2n) is 5.19. The molecule has 0 aromatic rings. The van der Waals surface area contributed by atoms with Crippen molar-refractivity contribution in [3.63, 3.8) is 0 Å². The Morgan fingerprint density at radius 1 is 1.32 bits per heavy atom. The summed E-state index contributed by atoms with van der Waals surface area (Å²) in [6, 6.07) is -0.748. The molecule has 0 aromatic heterocycles. The molecule has 1 N–H and O–H groups in total. The van der Waals surface area contributed by atoms with E-state index < -0.39 is 12.0 Å². The van der Waals surface area contributed by atoms with Crippen LogP contribution in [-0.4, -0.2) is 52.6 Å². The number of carbonyl (C=O) groups is 2. The van der Waals surface area contributed by atoms with Crippen LogP contribution in [0.3, 0.4) is 0 Å². The minimum absolute atomic E-state index is 0.112. The Bertz CT molecular complexity index is 316. The van der Waals surface area contributed by atoms with Gasteiger partial charge in [-0.05, 0) is 25.7 Å². The van der Waals surface area contributed by atoms with Crippen LogP contribution in [-0.2, 0) is 4.79 Å². The van der Waals surface area contributed by atoms with Gasteiger partial charge in [0, 0.05) is 19.6 Å². The van der Waals surface area contributed by atoms with Crippen LogP contribution in [0.2, 0.25) is 0 Å². The molecular formula is C14H26N2O3. The highest BCUT2D eigenvalue weighted by molar-refractivity contribution is 5.83. The first-order chi connectivity index (χ1) is 9.04. The van der Waals surface area contributed by atoms with E-state index in [0.717, 1.165) is 25.8 Å². The predicted molar refractivity (Wildman–Crippen MR) is 74.1 cm³/mol. The molecule has 0 radical (unpaired) electrons. The third kappa shape index (κ3) is 3.85. The quantitative estimate of drug-likeness (QED) is 0.806. The molecule has 5 nitrogen and oxygen atoms in total. The Morgan fingerprint density at radius 2 is 1.95 bits per heavy atom. The van der Waals surface area contributed by atoms with E-state index in [1.165, 1.54) is 4.90 Å². The molecular weight excluding hydrogens is 244 g/mol. The Labute approximate surface area is 115 Å². The van der Waals surface area contributed by atoms with Crippen molar-refractivity contribution in [3.8, 4) is 0 Å². The third-order valence-electron chi connectivity index (χ3n) is 4.07. The van der Waals surface area contributed by atoms with E-state index in [9.17, 15) is 9.59 Å². The molecule has 19 heavy (non-hydrogen) atoms. The molecule has 1 saturated heterocycles. The molecule has 0 aromatic carbocycles. The molecule has 1 heterocycles. The van der Waals surface area contributed by atoms with Crippen LogP contribution >= 0.6 is 0 Å². The average Bonchev–Trinajstić information content (AvgIpc) is 2.89. The first-order valence-electron chi connectivity index (χ1n) is 7.33. The van der Waals surface area contributed by atoms with Gasteiger partial charge in [0.05, 0.1) is 0 Å². The van der Waals surface area contributed by atoms with E-state index in [1.54, 1.807) is 4.90 Å². The first-order valence-corrected chi connectivity index (χ1v) is 7.33. The molecule has 0 spiro atoms. The highest BCUT2D eigenvalue weighted by atomic mass is 16.4. The standard InChI is InChI=1S/C14H26N2O3/c1-4-11(5-2)10-15(6-3)14(19)16-9-7-8-12(16)13(17)18/h11-12H,4-10H2,1-3H3,(H,17,18)/t12-/m0/s1. The number of urea groups is 1. The number of amides is 2. The summed E-state index contributed by atoms with van der Waals surface area (Å²) < 4.78 is 0. The van der Waals surface area contributed by atoms with Gasteiger partial charge in [-0.1, -0.05) is 26.7 Å². The lowest BCUT2D eigenvalue weighted by molar-refractivity contribution is -0.141. The second kappa shape index (κ2) is 7.36. The maximum absolute atomic E-state index is 12.4. The van der Waals surface area contributed by atoms with Crippen molar-refractivity contribution in [2.45, 2.75) is 52.5 Å². The highest BCUT2D eigenvalue weighted by Crippen LogP contribution is 2.20. The van der Waals surface area contributed by atoms with E-state index in [-0.39, 0.29) is 6.03 Å². The number of hydrogen-bond acceptors (Lipinski definition) is 2. The Kier molecular flexibility index (Phi) is 6.12. The molecule has 1 fully saturated rings. The zero-order valence-electron chi connectivity index (χ0n) is 12.3. The maximum Gasteiger partial charge on any atom is 0.326 e. The summed E-state index contributed by atoms with van der Waals surface area (Å²) in [6.45, 7) is 8.13. The number of hydrogen-bond donors (Lipinski definition) is 1. The zero-order valence-corrected chi connectivity index (χ0v) is 12.3. The van der Waals surface area contributed by atoms with Crippen LogP contribution < -0.4 is 0 Å². The van der Waals surface area contributed by atoms with Crippen LogP contribution in [0.15, 0.2) is 0 Å². The summed E-state index contributed by atoms with van der Waals surface area (Å²) in [4.78, 5) is 26.9. The lowest BCUT2D eigenvalue weighted by Crippen LogP contribution is -2.49. The summed E-state index contributed by atoms with van der Waals surface area (Å²) in [5, 5.41) is 9.15. The number of likely N-dealkylation sites (tertiary alicyclic amines) is 1. The Balaban J connectivity index is 2.69. The number of nitrogens with zero attached hydrogens (tertiary/aromatic N) is 2. The highest BCUT2D eigenvalue weighted by Gasteiger charge is 2.36. The van der Waals surface area contributed by atoms with Crippen molar-refractivity contribution >= 4 is 12.0 Å². The summed E-state index contributed by atoms with van der Waals surface area (Å²) in [6.07, 6.45) is 3.44. The number of carboxylic acids is 1. The van der Waals surface area contributed by atoms with E-state index >= 15 is 0 Å². The minimum Gasteiger partial charge on any atom is -0.480 e. The zero-order chi connectivity index (χ0) is 14.4. The minimum atomic E-state index is -0.885. The smallest absolute Gasteiger partial charge is 0.326 e. The molecule has 0 unspecified atom stereocenters. The predicted octanol–water partition coefficient (Wildman–Crippen LogP) is 2.41. The molecule has 5 heteroatoms. The van der Waals surface area contributed by atoms with Gasteiger partial charge in [-0.3, -0.25) is 0 Å². The van der Waals surface area contributed by atoms with Crippen molar-refractivity contribution in [2.75, 3.05) is 19.6 Å². The van der Waals surface area contributed by atoms with E-state index in [0.29, 0.717) is 25.4 Å². The molecule has 1 aliphatic heterocycles. The first kappa shape index (κ1) is 15.8. The van der Waals surface area contributed by atoms with E-state index in [2.05, 4.69) is 13.8 Å². The second-order valence-corrected chi connectivity index (χ2v) is 5.19. The fourth-order valence-electron chi connectivity index (χ4n) is 2.64. The van der Waals surface area contributed by atoms with Gasteiger partial charge < -0.3 is 14.9 Å². The molecule has 0 saturated carbocycles. The SMILES string of the molecule is CCC(CC)CN(CC)C(=O)N1CCC[C@H]1C(=O)O. The lowest BCUT2D eigenvalue weighted by atomic mass is 10.0. The Morgan fingerprint density at radius 3 is 2.42 bits per heavy atom. The van der Waals surface area contributed by atoms with Crippen molar-refractivity contribution < 1.29 is 14.7 Å². The van der Waals surface area contributed by atoms with Crippen molar-refractivity contribution in [3.05, 3.63) is 0 Å². The van der Waals surface area contributed by atoms with Gasteiger partial charge in [0.1, 0.15) is 6.04 Å². The number of aliphatic carboxylic acids is 1. The van der Waals surface area contributed by atoms with Gasteiger partial charge in [0.25, 0.3) is 0 Å². The fraction of sp³-hybridized carbons (Fsp3) is 0.857. The largest absolute Gasteiger partial charge is 0.480 e. The molecule has 110 valence electrons. The molecule has 1 atom stereocenters. The van der Waals surface area contributed by atoms with Gasteiger partial charge in [-0.2, -0.15) is 0 Å². The van der Waals surface area contributed by atoms with Crippen LogP contribution in [0.1, 0.15) is 46.5 Å². The maximum atomic E-state index is 12.4. The number of rotatable bonds is 6. The summed E-state index contributed by atoms with van der Waals surface area (Å²) in [7, 11) is 0. The summed E-state index contributed by atoms with van der Waals surface area (Å²) in [5.74, 6) is -0.390. The van der Waals surface area contributed by atoms with Gasteiger partial charge in [-0.25, -0.2) is 9.59 Å². The molecule has 0 aliphatic carbocycles. The summed E-state index contributed by atoms with van der Waals surface area (Å²) >= 11 is 0. The van der Waals surface area contributed by atoms with E-state index in [4.69, 9.17) is 5.11 Å². The van der Waals surface area contributed by atoms with Gasteiger partial charge in [0.15, 0.2) is 0 Å². The normalized spacial score (nSPS) is 18.9. The average molecular weight is 270 g/mol. The molecule has 1 aliphatic rings. The number of carbonyl (C=O) groups excluding carboxylic acids is 1. The van der Waals surface area contributed by atoms with Crippen LogP contribution in [0.5, 0.6) is 0 Å². The Hall–Kier alpha value is -1.26. The van der Waals surface area contributed by atoms with Crippen molar-refractivity contribution in [2.24, 2.45) is 5.92 Å². The van der Waals surface area contributed by atoms with Crippen LogP contribution in [0, 0.1) is 5.92 Å². The van der Waals surface area contributed by atoms with Crippen molar-refractivity contribution in [1.29, 1.82) is 0 Å². The molecule has 2 amide bonds.